The predicted molar refractivity (Wildman–Crippen MR) is 79.4 cm³/mol. The summed E-state index contributed by atoms with van der Waals surface area (Å²) in [6.45, 7) is 0.496. The zero-order chi connectivity index (χ0) is 14.8. The van der Waals surface area contributed by atoms with E-state index < -0.39 is 4.92 Å². The van der Waals surface area contributed by atoms with Crippen molar-refractivity contribution < 1.29 is 9.34 Å². The molecule has 0 fully saturated rings. The number of hydrogen-bond donors (Lipinski definition) is 1. The molecular formula is C14H10ClN3O3. The Morgan fingerprint density at radius 2 is 2.14 bits per heavy atom. The number of fused-ring (bicyclic) bond motifs is 1. The van der Waals surface area contributed by atoms with E-state index in [1.54, 1.807) is 6.07 Å². The molecule has 3 rings (SSSR count). The topological polar surface area (TPSA) is 81.2 Å². The maximum absolute atomic E-state index is 10.7. The predicted octanol–water partition coefficient (Wildman–Crippen LogP) is 4.00. The Labute approximate surface area is 124 Å². The van der Waals surface area contributed by atoms with Gasteiger partial charge in [-0.1, -0.05) is 23.7 Å². The largest absolute Gasteiger partial charge is 0.424 e. The van der Waals surface area contributed by atoms with Crippen molar-refractivity contribution in [3.63, 3.8) is 0 Å². The maximum atomic E-state index is 10.7. The minimum absolute atomic E-state index is 0.0165. The molecule has 3 aromatic rings. The third kappa shape index (κ3) is 2.95. The van der Waals surface area contributed by atoms with Crippen molar-refractivity contribution in [2.75, 3.05) is 5.32 Å². The molecule has 0 aliphatic heterocycles. The first kappa shape index (κ1) is 13.4. The van der Waals surface area contributed by atoms with Crippen LogP contribution in [0, 0.1) is 10.1 Å². The lowest BCUT2D eigenvalue weighted by Gasteiger charge is -2.01. The number of nitro groups is 1. The molecule has 0 radical (unpaired) electrons. The normalized spacial score (nSPS) is 10.7. The van der Waals surface area contributed by atoms with Crippen molar-refractivity contribution in [2.45, 2.75) is 6.54 Å². The lowest BCUT2D eigenvalue weighted by molar-refractivity contribution is -0.384. The van der Waals surface area contributed by atoms with Crippen LogP contribution in [0.1, 0.15) is 5.56 Å². The summed E-state index contributed by atoms with van der Waals surface area (Å²) in [5, 5.41) is 14.4. The number of non-ortho nitro benzene ring substituents is 1. The first-order valence-electron chi connectivity index (χ1n) is 6.15. The Hall–Kier alpha value is -2.60. The Morgan fingerprint density at radius 3 is 2.90 bits per heavy atom. The fourth-order valence-corrected chi connectivity index (χ4v) is 2.14. The number of benzene rings is 2. The molecule has 1 N–H and O–H groups in total. The fraction of sp³-hybridized carbons (Fsp3) is 0.0714. The molecule has 0 atom stereocenters. The Kier molecular flexibility index (Phi) is 3.45. The van der Waals surface area contributed by atoms with Crippen molar-refractivity contribution in [1.29, 1.82) is 0 Å². The van der Waals surface area contributed by atoms with Crippen LogP contribution in [0.5, 0.6) is 0 Å². The second kappa shape index (κ2) is 5.41. The molecule has 0 spiro atoms. The molecule has 0 saturated heterocycles. The summed E-state index contributed by atoms with van der Waals surface area (Å²) in [6, 6.07) is 12.0. The summed E-state index contributed by atoms with van der Waals surface area (Å²) in [5.74, 6) is 0. The fourth-order valence-electron chi connectivity index (χ4n) is 1.93. The number of nitrogens with one attached hydrogen (secondary N) is 1. The number of anilines is 1. The molecule has 1 aromatic heterocycles. The number of aromatic nitrogens is 1. The van der Waals surface area contributed by atoms with Gasteiger partial charge in [-0.3, -0.25) is 10.1 Å². The molecule has 0 saturated carbocycles. The summed E-state index contributed by atoms with van der Waals surface area (Å²) >= 11 is 5.91. The van der Waals surface area contributed by atoms with Gasteiger partial charge in [0.2, 0.25) is 0 Å². The van der Waals surface area contributed by atoms with E-state index >= 15 is 0 Å². The van der Waals surface area contributed by atoms with Gasteiger partial charge in [0.25, 0.3) is 11.7 Å². The molecule has 0 bridgehead atoms. The highest BCUT2D eigenvalue weighted by Gasteiger charge is 2.11. The highest BCUT2D eigenvalue weighted by Crippen LogP contribution is 2.23. The minimum atomic E-state index is -0.465. The van der Waals surface area contributed by atoms with Crippen LogP contribution < -0.4 is 5.32 Å². The SMILES string of the molecule is O=[N+]([O-])c1ccc2oc(NCc3cccc(Cl)c3)nc2c1. The van der Waals surface area contributed by atoms with Gasteiger partial charge in [0.1, 0.15) is 5.52 Å². The quantitative estimate of drug-likeness (QED) is 0.582. The Bertz CT molecular complexity index is 816. The average molecular weight is 304 g/mol. The minimum Gasteiger partial charge on any atom is -0.424 e. The molecule has 7 heteroatoms. The standard InChI is InChI=1S/C14H10ClN3O3/c15-10-3-1-2-9(6-10)8-16-14-17-12-7-11(18(19)20)4-5-13(12)21-14/h1-7H,8H2,(H,16,17). The van der Waals surface area contributed by atoms with Gasteiger partial charge in [0.15, 0.2) is 5.58 Å². The van der Waals surface area contributed by atoms with E-state index in [1.807, 2.05) is 18.2 Å². The zero-order valence-electron chi connectivity index (χ0n) is 10.7. The van der Waals surface area contributed by atoms with Gasteiger partial charge in [0.05, 0.1) is 4.92 Å². The highest BCUT2D eigenvalue weighted by atomic mass is 35.5. The Balaban J connectivity index is 1.80. The van der Waals surface area contributed by atoms with Gasteiger partial charge >= 0.3 is 0 Å². The van der Waals surface area contributed by atoms with E-state index in [4.69, 9.17) is 16.0 Å². The molecule has 0 aliphatic carbocycles. The zero-order valence-corrected chi connectivity index (χ0v) is 11.5. The number of nitrogens with zero attached hydrogens (tertiary/aromatic N) is 2. The lowest BCUT2D eigenvalue weighted by Crippen LogP contribution is -1.99. The molecule has 6 nitrogen and oxygen atoms in total. The number of nitro benzene ring substituents is 1. The Morgan fingerprint density at radius 1 is 1.29 bits per heavy atom. The summed E-state index contributed by atoms with van der Waals surface area (Å²) in [6.07, 6.45) is 0. The molecule has 2 aromatic carbocycles. The van der Waals surface area contributed by atoms with E-state index in [9.17, 15) is 10.1 Å². The number of hydrogen-bond acceptors (Lipinski definition) is 5. The van der Waals surface area contributed by atoms with E-state index in [-0.39, 0.29) is 5.69 Å². The van der Waals surface area contributed by atoms with Crippen LogP contribution in [0.15, 0.2) is 46.9 Å². The van der Waals surface area contributed by atoms with Crippen LogP contribution in [0.2, 0.25) is 5.02 Å². The molecule has 0 aliphatic rings. The van der Waals surface area contributed by atoms with E-state index in [0.717, 1.165) is 5.56 Å². The smallest absolute Gasteiger partial charge is 0.295 e. The monoisotopic (exact) mass is 303 g/mol. The molecule has 1 heterocycles. The van der Waals surface area contributed by atoms with Gasteiger partial charge in [0, 0.05) is 23.7 Å². The van der Waals surface area contributed by atoms with Crippen LogP contribution in [-0.4, -0.2) is 9.91 Å². The van der Waals surface area contributed by atoms with Crippen LogP contribution >= 0.6 is 11.6 Å². The van der Waals surface area contributed by atoms with E-state index in [1.165, 1.54) is 18.2 Å². The van der Waals surface area contributed by atoms with Gasteiger partial charge in [-0.25, -0.2) is 0 Å². The average Bonchev–Trinajstić information content (AvgIpc) is 2.87. The van der Waals surface area contributed by atoms with Crippen LogP contribution in [0.3, 0.4) is 0 Å². The van der Waals surface area contributed by atoms with Crippen molar-refractivity contribution in [3.8, 4) is 0 Å². The van der Waals surface area contributed by atoms with Gasteiger partial charge in [-0.2, -0.15) is 4.98 Å². The first-order valence-corrected chi connectivity index (χ1v) is 6.53. The first-order chi connectivity index (χ1) is 10.1. The van der Waals surface area contributed by atoms with Gasteiger partial charge in [-0.05, 0) is 23.8 Å². The number of halogens is 1. The van der Waals surface area contributed by atoms with Gasteiger partial charge < -0.3 is 9.73 Å². The molecule has 0 amide bonds. The van der Waals surface area contributed by atoms with Crippen LogP contribution in [0.4, 0.5) is 11.7 Å². The van der Waals surface area contributed by atoms with Crippen molar-refractivity contribution >= 4 is 34.4 Å². The molecule has 21 heavy (non-hydrogen) atoms. The third-order valence-electron chi connectivity index (χ3n) is 2.91. The maximum Gasteiger partial charge on any atom is 0.295 e. The molecular weight excluding hydrogens is 294 g/mol. The number of rotatable bonds is 4. The highest BCUT2D eigenvalue weighted by molar-refractivity contribution is 6.30. The lowest BCUT2D eigenvalue weighted by atomic mass is 10.2. The summed E-state index contributed by atoms with van der Waals surface area (Å²) in [4.78, 5) is 14.4. The third-order valence-corrected chi connectivity index (χ3v) is 3.15. The molecule has 106 valence electrons. The second-order valence-corrected chi connectivity index (χ2v) is 4.85. The van der Waals surface area contributed by atoms with Crippen LogP contribution in [0.25, 0.3) is 11.1 Å². The second-order valence-electron chi connectivity index (χ2n) is 4.41. The summed E-state index contributed by atoms with van der Waals surface area (Å²) < 4.78 is 5.48. The van der Waals surface area contributed by atoms with Crippen LogP contribution in [-0.2, 0) is 6.54 Å². The van der Waals surface area contributed by atoms with Crippen molar-refractivity contribution in [1.82, 2.24) is 4.98 Å². The number of oxazole rings is 1. The van der Waals surface area contributed by atoms with E-state index in [2.05, 4.69) is 10.3 Å². The van der Waals surface area contributed by atoms with Gasteiger partial charge in [-0.15, -0.1) is 0 Å². The van der Waals surface area contributed by atoms with Crippen molar-refractivity contribution in [3.05, 3.63) is 63.2 Å². The van der Waals surface area contributed by atoms with Crippen molar-refractivity contribution in [2.24, 2.45) is 0 Å². The summed E-state index contributed by atoms with van der Waals surface area (Å²) in [7, 11) is 0. The molecule has 0 unspecified atom stereocenters. The van der Waals surface area contributed by atoms with E-state index in [0.29, 0.717) is 28.7 Å². The summed E-state index contributed by atoms with van der Waals surface area (Å²) in [5.41, 5.74) is 1.90.